The third kappa shape index (κ3) is 6.27. The molecule has 4 aromatic rings. The first-order chi connectivity index (χ1) is 18.7. The van der Waals surface area contributed by atoms with Gasteiger partial charge in [-0.3, -0.25) is 4.90 Å². The summed E-state index contributed by atoms with van der Waals surface area (Å²) in [6.45, 7) is 4.95. The topological polar surface area (TPSA) is 35.5 Å². The van der Waals surface area contributed by atoms with Gasteiger partial charge in [0.25, 0.3) is 0 Å². The van der Waals surface area contributed by atoms with E-state index < -0.39 is 0 Å². The number of hydrogen-bond donors (Lipinski definition) is 0. The van der Waals surface area contributed by atoms with Crippen LogP contribution >= 0.6 is 24.8 Å². The van der Waals surface area contributed by atoms with Crippen molar-refractivity contribution in [3.8, 4) is 0 Å². The Morgan fingerprint density at radius 1 is 0.725 bits per heavy atom. The fourth-order valence-corrected chi connectivity index (χ4v) is 5.94. The molecule has 210 valence electrons. The Hall–Kier alpha value is -3.12. The smallest absolute Gasteiger partial charge is 0.227 e. The monoisotopic (exact) mass is 575 g/mol. The number of piperazine rings is 1. The van der Waals surface area contributed by atoms with Gasteiger partial charge in [-0.15, -0.1) is 24.8 Å². The van der Waals surface area contributed by atoms with E-state index in [0.29, 0.717) is 6.04 Å². The maximum absolute atomic E-state index is 4.91. The quantitative estimate of drug-likeness (QED) is 0.214. The number of aromatic nitrogens is 2. The molecule has 0 unspecified atom stereocenters. The predicted octanol–water partition coefficient (Wildman–Crippen LogP) is 6.47. The van der Waals surface area contributed by atoms with E-state index in [2.05, 4.69) is 118 Å². The zero-order valence-corrected chi connectivity index (χ0v) is 24.7. The van der Waals surface area contributed by atoms with Crippen LogP contribution in [0.3, 0.4) is 0 Å². The molecule has 0 radical (unpaired) electrons. The molecule has 7 heteroatoms. The van der Waals surface area contributed by atoms with E-state index in [1.165, 1.54) is 29.5 Å². The molecule has 2 heterocycles. The lowest BCUT2D eigenvalue weighted by Crippen LogP contribution is -2.48. The van der Waals surface area contributed by atoms with E-state index in [1.807, 2.05) is 12.3 Å². The van der Waals surface area contributed by atoms with E-state index in [4.69, 9.17) is 4.98 Å². The Morgan fingerprint density at radius 2 is 1.23 bits per heavy atom. The van der Waals surface area contributed by atoms with E-state index in [-0.39, 0.29) is 30.2 Å². The van der Waals surface area contributed by atoms with Crippen LogP contribution in [0.5, 0.6) is 0 Å². The van der Waals surface area contributed by atoms with Crippen molar-refractivity contribution in [3.05, 3.63) is 120 Å². The summed E-state index contributed by atoms with van der Waals surface area (Å²) in [7, 11) is 2.15. The summed E-state index contributed by atoms with van der Waals surface area (Å²) in [5, 5.41) is 0. The van der Waals surface area contributed by atoms with E-state index in [1.54, 1.807) is 0 Å². The van der Waals surface area contributed by atoms with Crippen molar-refractivity contribution in [1.82, 2.24) is 14.9 Å². The Labute approximate surface area is 251 Å². The van der Waals surface area contributed by atoms with Gasteiger partial charge in [0.05, 0.1) is 0 Å². The van der Waals surface area contributed by atoms with E-state index in [9.17, 15) is 0 Å². The highest BCUT2D eigenvalue weighted by Gasteiger charge is 2.36. The number of rotatable bonds is 9. The van der Waals surface area contributed by atoms with Crippen LogP contribution in [0.4, 0.5) is 11.8 Å². The number of nitrogens with zero attached hydrogens (tertiary/aromatic N) is 5. The molecule has 40 heavy (non-hydrogen) atoms. The van der Waals surface area contributed by atoms with Crippen LogP contribution in [-0.2, 0) is 5.41 Å². The minimum absolute atomic E-state index is 0. The first-order valence-corrected chi connectivity index (χ1v) is 13.9. The van der Waals surface area contributed by atoms with E-state index in [0.717, 1.165) is 50.9 Å². The van der Waals surface area contributed by atoms with Gasteiger partial charge >= 0.3 is 0 Å². The van der Waals surface area contributed by atoms with Crippen LogP contribution in [0.15, 0.2) is 103 Å². The van der Waals surface area contributed by atoms with Crippen LogP contribution < -0.4 is 9.80 Å². The van der Waals surface area contributed by atoms with Crippen molar-refractivity contribution >= 4 is 36.6 Å². The van der Waals surface area contributed by atoms with Gasteiger partial charge in [0.15, 0.2) is 0 Å². The summed E-state index contributed by atoms with van der Waals surface area (Å²) < 4.78 is 0. The van der Waals surface area contributed by atoms with Crippen molar-refractivity contribution in [2.24, 2.45) is 0 Å². The van der Waals surface area contributed by atoms with E-state index >= 15 is 0 Å². The molecule has 0 spiro atoms. The zero-order chi connectivity index (χ0) is 25.8. The molecule has 3 aromatic carbocycles. The molecule has 1 saturated heterocycles. The molecule has 0 bridgehead atoms. The molecule has 1 saturated carbocycles. The normalized spacial score (nSPS) is 15.6. The molecule has 5 nitrogen and oxygen atoms in total. The van der Waals surface area contributed by atoms with Crippen LogP contribution in [0.1, 0.15) is 36.0 Å². The fourth-order valence-electron chi connectivity index (χ4n) is 5.94. The average molecular weight is 577 g/mol. The lowest BCUT2D eigenvalue weighted by molar-refractivity contribution is 0.241. The summed E-state index contributed by atoms with van der Waals surface area (Å²) in [5.41, 5.74) is 3.84. The SMILES string of the molecule is CN(c1ccnc(N2CCN(CCC(c3ccccc3)(c3ccccc3)c3ccccc3)CC2)n1)C1CC1.Cl.Cl. The van der Waals surface area contributed by atoms with Gasteiger partial charge in [-0.1, -0.05) is 91.0 Å². The standard InChI is InChI=1S/C33H37N5.2ClH/c1-36(30-17-18-30)31-19-21-34-32(35-31)38-25-23-37(24-26-38)22-20-33(27-11-5-2-6-12-27,28-13-7-3-8-14-28)29-15-9-4-10-16-29;;/h2-16,19,21,30H,17-18,20,22-26H2,1H3;2*1H. The first kappa shape index (κ1) is 29.9. The minimum Gasteiger partial charge on any atom is -0.357 e. The second-order valence-corrected chi connectivity index (χ2v) is 10.6. The molecule has 0 atom stereocenters. The lowest BCUT2D eigenvalue weighted by atomic mass is 9.67. The van der Waals surface area contributed by atoms with Gasteiger partial charge < -0.3 is 9.80 Å². The van der Waals surface area contributed by atoms with Crippen molar-refractivity contribution in [2.75, 3.05) is 49.6 Å². The molecule has 1 aliphatic carbocycles. The number of hydrogen-bond acceptors (Lipinski definition) is 5. The minimum atomic E-state index is -0.203. The van der Waals surface area contributed by atoms with Crippen molar-refractivity contribution < 1.29 is 0 Å². The summed E-state index contributed by atoms with van der Waals surface area (Å²) in [6, 6.07) is 35.8. The molecular weight excluding hydrogens is 537 g/mol. The Kier molecular flexibility index (Phi) is 10.1. The van der Waals surface area contributed by atoms with Crippen molar-refractivity contribution in [2.45, 2.75) is 30.7 Å². The maximum atomic E-state index is 4.91. The van der Waals surface area contributed by atoms with Gasteiger partial charge in [-0.25, -0.2) is 4.98 Å². The van der Waals surface area contributed by atoms with Crippen LogP contribution in [0.25, 0.3) is 0 Å². The highest BCUT2D eigenvalue weighted by atomic mass is 35.5. The molecule has 6 rings (SSSR count). The van der Waals surface area contributed by atoms with Gasteiger partial charge in [-0.2, -0.15) is 4.98 Å². The first-order valence-electron chi connectivity index (χ1n) is 13.9. The molecular formula is C33H39Cl2N5. The highest BCUT2D eigenvalue weighted by Crippen LogP contribution is 2.42. The molecule has 1 aromatic heterocycles. The zero-order valence-electron chi connectivity index (χ0n) is 23.1. The molecule has 2 aliphatic rings. The Morgan fingerprint density at radius 3 is 1.70 bits per heavy atom. The largest absolute Gasteiger partial charge is 0.357 e. The number of anilines is 2. The Balaban J connectivity index is 0.00000185. The number of halogens is 2. The summed E-state index contributed by atoms with van der Waals surface area (Å²) in [5.74, 6) is 1.90. The van der Waals surface area contributed by atoms with Crippen LogP contribution in [0.2, 0.25) is 0 Å². The van der Waals surface area contributed by atoms with Crippen molar-refractivity contribution in [3.63, 3.8) is 0 Å². The third-order valence-electron chi connectivity index (χ3n) is 8.34. The van der Waals surface area contributed by atoms with Gasteiger partial charge in [0, 0.05) is 50.9 Å². The Bertz CT molecular complexity index is 1210. The molecule has 0 amide bonds. The predicted molar refractivity (Wildman–Crippen MR) is 170 cm³/mol. The molecule has 0 N–H and O–H groups in total. The van der Waals surface area contributed by atoms with Crippen LogP contribution in [-0.4, -0.2) is 60.7 Å². The second kappa shape index (κ2) is 13.5. The molecule has 1 aliphatic heterocycles. The highest BCUT2D eigenvalue weighted by molar-refractivity contribution is 5.85. The van der Waals surface area contributed by atoms with Gasteiger partial charge in [0.1, 0.15) is 5.82 Å². The average Bonchev–Trinajstić information content (AvgIpc) is 3.85. The maximum Gasteiger partial charge on any atom is 0.227 e. The summed E-state index contributed by atoms with van der Waals surface area (Å²) >= 11 is 0. The summed E-state index contributed by atoms with van der Waals surface area (Å²) in [6.07, 6.45) is 5.47. The second-order valence-electron chi connectivity index (χ2n) is 10.6. The van der Waals surface area contributed by atoms with Crippen molar-refractivity contribution in [1.29, 1.82) is 0 Å². The van der Waals surface area contributed by atoms with Crippen LogP contribution in [0, 0.1) is 0 Å². The summed E-state index contributed by atoms with van der Waals surface area (Å²) in [4.78, 5) is 16.8. The fraction of sp³-hybridized carbons (Fsp3) is 0.333. The third-order valence-corrected chi connectivity index (χ3v) is 8.34. The molecule has 2 fully saturated rings. The number of benzene rings is 3. The lowest BCUT2D eigenvalue weighted by Gasteiger charge is -2.40. The van der Waals surface area contributed by atoms with Gasteiger partial charge in [0.2, 0.25) is 5.95 Å². The van der Waals surface area contributed by atoms with Gasteiger partial charge in [-0.05, 0) is 48.6 Å².